The number of nitro groups is 1. The molecule has 136 valence electrons. The van der Waals surface area contributed by atoms with Gasteiger partial charge < -0.3 is 0 Å². The summed E-state index contributed by atoms with van der Waals surface area (Å²) in [5, 5.41) is 11.5. The van der Waals surface area contributed by atoms with Crippen molar-refractivity contribution < 1.29 is 14.5 Å². The van der Waals surface area contributed by atoms with E-state index in [-0.39, 0.29) is 21.3 Å². The van der Waals surface area contributed by atoms with Gasteiger partial charge in [0.25, 0.3) is 11.6 Å². The molecule has 0 bridgehead atoms. The number of rotatable bonds is 4. The second-order valence-corrected chi connectivity index (χ2v) is 7.07. The fourth-order valence-corrected chi connectivity index (χ4v) is 3.60. The highest BCUT2D eigenvalue weighted by atomic mass is 35.5. The fraction of sp³-hybridized carbons (Fsp3) is 0. The zero-order valence-electron chi connectivity index (χ0n) is 13.4. The first-order valence-corrected chi connectivity index (χ1v) is 9.05. The van der Waals surface area contributed by atoms with Gasteiger partial charge >= 0.3 is 5.24 Å². The summed E-state index contributed by atoms with van der Waals surface area (Å²) in [5.74, 6) is -0.562. The molecular formula is C17H10ClN3O4S2. The molecular weight excluding hydrogens is 410 g/mol. The number of benzene rings is 2. The zero-order chi connectivity index (χ0) is 19.6. The Morgan fingerprint density at radius 1 is 1.22 bits per heavy atom. The van der Waals surface area contributed by atoms with Crippen molar-refractivity contribution in [1.29, 1.82) is 0 Å². The van der Waals surface area contributed by atoms with Crippen LogP contribution in [-0.4, -0.2) is 26.1 Å². The molecule has 1 heterocycles. The summed E-state index contributed by atoms with van der Waals surface area (Å²) in [6, 6.07) is 12.2. The van der Waals surface area contributed by atoms with Crippen LogP contribution >= 0.6 is 35.6 Å². The third-order valence-electron chi connectivity index (χ3n) is 3.53. The maximum atomic E-state index is 12.3. The number of amides is 2. The Morgan fingerprint density at radius 2 is 1.89 bits per heavy atom. The molecule has 1 N–H and O–H groups in total. The molecule has 0 radical (unpaired) electrons. The van der Waals surface area contributed by atoms with Gasteiger partial charge in [-0.25, -0.2) is 0 Å². The lowest BCUT2D eigenvalue weighted by molar-refractivity contribution is -0.384. The summed E-state index contributed by atoms with van der Waals surface area (Å²) in [4.78, 5) is 35.3. The van der Waals surface area contributed by atoms with Gasteiger partial charge in [0.2, 0.25) is 0 Å². The van der Waals surface area contributed by atoms with Gasteiger partial charge in [0.15, 0.2) is 0 Å². The molecule has 7 nitrogen and oxygen atoms in total. The van der Waals surface area contributed by atoms with Crippen molar-refractivity contribution in [1.82, 2.24) is 10.4 Å². The number of hydrogen-bond donors (Lipinski definition) is 1. The van der Waals surface area contributed by atoms with Gasteiger partial charge in [0.1, 0.15) is 4.99 Å². The van der Waals surface area contributed by atoms with Crippen molar-refractivity contribution in [2.75, 3.05) is 0 Å². The molecule has 1 saturated heterocycles. The number of thioether (sulfide) groups is 1. The smallest absolute Gasteiger partial charge is 0.267 e. The van der Waals surface area contributed by atoms with Crippen LogP contribution in [-0.2, 0) is 0 Å². The topological polar surface area (TPSA) is 92.6 Å². The van der Waals surface area contributed by atoms with Crippen LogP contribution in [0.1, 0.15) is 15.9 Å². The molecule has 1 fully saturated rings. The molecule has 2 amide bonds. The largest absolute Gasteiger partial charge is 0.310 e. The van der Waals surface area contributed by atoms with Crippen LogP contribution in [0.3, 0.4) is 0 Å². The van der Waals surface area contributed by atoms with Gasteiger partial charge in [-0.05, 0) is 47.7 Å². The number of thiocarbonyl (C=S) groups is 1. The van der Waals surface area contributed by atoms with E-state index in [0.29, 0.717) is 10.5 Å². The van der Waals surface area contributed by atoms with Crippen molar-refractivity contribution in [3.8, 4) is 0 Å². The molecule has 0 aromatic heterocycles. The Labute approximate surface area is 168 Å². The van der Waals surface area contributed by atoms with Crippen LogP contribution < -0.4 is 5.43 Å². The minimum absolute atomic E-state index is 0.0384. The number of carbonyl (C=O) groups is 2. The molecule has 0 unspecified atom stereocenters. The SMILES string of the molecule is O=C(NN1C(=O)SC(=Cc2ccc([N+](=O)[O-])cc2)C1=S)c1ccccc1Cl. The van der Waals surface area contributed by atoms with Crippen LogP contribution in [0.2, 0.25) is 5.02 Å². The van der Waals surface area contributed by atoms with Gasteiger partial charge in [-0.15, -0.1) is 0 Å². The Morgan fingerprint density at radius 3 is 2.52 bits per heavy atom. The fourth-order valence-electron chi connectivity index (χ4n) is 2.21. The first kappa shape index (κ1) is 19.0. The second-order valence-electron chi connectivity index (χ2n) is 5.29. The molecule has 1 aliphatic heterocycles. The highest BCUT2D eigenvalue weighted by Crippen LogP contribution is 2.32. The monoisotopic (exact) mass is 419 g/mol. The summed E-state index contributed by atoms with van der Waals surface area (Å²) in [6.45, 7) is 0. The molecule has 0 aliphatic carbocycles. The van der Waals surface area contributed by atoms with E-state index in [2.05, 4.69) is 5.43 Å². The number of hydrazine groups is 1. The maximum Gasteiger partial charge on any atom is 0.310 e. The summed E-state index contributed by atoms with van der Waals surface area (Å²) < 4.78 is 0. The number of halogens is 1. The van der Waals surface area contributed by atoms with E-state index in [1.165, 1.54) is 18.2 Å². The van der Waals surface area contributed by atoms with Crippen LogP contribution in [0.15, 0.2) is 53.4 Å². The zero-order valence-corrected chi connectivity index (χ0v) is 15.8. The maximum absolute atomic E-state index is 12.3. The van der Waals surface area contributed by atoms with Crippen molar-refractivity contribution in [3.63, 3.8) is 0 Å². The molecule has 0 spiro atoms. The third-order valence-corrected chi connectivity index (χ3v) is 5.28. The molecule has 3 rings (SSSR count). The molecule has 27 heavy (non-hydrogen) atoms. The highest BCUT2D eigenvalue weighted by Gasteiger charge is 2.33. The van der Waals surface area contributed by atoms with Crippen LogP contribution in [0.5, 0.6) is 0 Å². The van der Waals surface area contributed by atoms with E-state index in [1.54, 1.807) is 36.4 Å². The van der Waals surface area contributed by atoms with Crippen molar-refractivity contribution in [2.24, 2.45) is 0 Å². The van der Waals surface area contributed by atoms with Gasteiger partial charge in [-0.3, -0.25) is 25.1 Å². The molecule has 2 aromatic carbocycles. The van der Waals surface area contributed by atoms with E-state index in [9.17, 15) is 19.7 Å². The second kappa shape index (κ2) is 7.87. The summed E-state index contributed by atoms with van der Waals surface area (Å²) in [7, 11) is 0. The van der Waals surface area contributed by atoms with E-state index < -0.39 is 16.1 Å². The lowest BCUT2D eigenvalue weighted by Crippen LogP contribution is -2.44. The molecule has 1 aliphatic rings. The average Bonchev–Trinajstić information content (AvgIpc) is 2.90. The number of nitrogens with one attached hydrogen (secondary N) is 1. The Kier molecular flexibility index (Phi) is 5.54. The first-order valence-electron chi connectivity index (χ1n) is 7.45. The molecule has 2 aromatic rings. The summed E-state index contributed by atoms with van der Waals surface area (Å²) >= 11 is 12.1. The van der Waals surface area contributed by atoms with Gasteiger partial charge in [-0.2, -0.15) is 5.01 Å². The number of hydrogen-bond acceptors (Lipinski definition) is 6. The Bertz CT molecular complexity index is 992. The number of non-ortho nitro benzene ring substituents is 1. The average molecular weight is 420 g/mol. The van der Waals surface area contributed by atoms with E-state index in [4.69, 9.17) is 23.8 Å². The van der Waals surface area contributed by atoms with Crippen molar-refractivity contribution >= 4 is 63.5 Å². The van der Waals surface area contributed by atoms with Crippen LogP contribution in [0.4, 0.5) is 10.5 Å². The lowest BCUT2D eigenvalue weighted by Gasteiger charge is -2.16. The van der Waals surface area contributed by atoms with E-state index in [1.807, 2.05) is 0 Å². The normalized spacial score (nSPS) is 15.3. The minimum atomic E-state index is -0.562. The predicted octanol–water partition coefficient (Wildman–Crippen LogP) is 4.43. The number of carbonyl (C=O) groups excluding carboxylic acids is 2. The first-order chi connectivity index (χ1) is 12.9. The van der Waals surface area contributed by atoms with Gasteiger partial charge in [0, 0.05) is 12.1 Å². The molecule has 10 heteroatoms. The summed E-state index contributed by atoms with van der Waals surface area (Å²) in [5.41, 5.74) is 3.26. The van der Waals surface area contributed by atoms with Crippen LogP contribution in [0.25, 0.3) is 6.08 Å². The lowest BCUT2D eigenvalue weighted by atomic mass is 10.2. The highest BCUT2D eigenvalue weighted by molar-refractivity contribution is 8.19. The third kappa shape index (κ3) is 4.16. The van der Waals surface area contributed by atoms with Crippen molar-refractivity contribution in [2.45, 2.75) is 0 Å². The van der Waals surface area contributed by atoms with Gasteiger partial charge in [-0.1, -0.05) is 36.0 Å². The van der Waals surface area contributed by atoms with E-state index in [0.717, 1.165) is 16.8 Å². The summed E-state index contributed by atoms with van der Waals surface area (Å²) in [6.07, 6.45) is 1.62. The Hall–Kier alpha value is -2.75. The van der Waals surface area contributed by atoms with Gasteiger partial charge in [0.05, 0.1) is 20.4 Å². The standard InChI is InChI=1S/C17H10ClN3O4S2/c18-13-4-2-1-3-12(13)15(22)19-20-16(26)14(27-17(20)23)9-10-5-7-11(8-6-10)21(24)25/h1-9H,(H,19,22). The predicted molar refractivity (Wildman–Crippen MR) is 107 cm³/mol. The quantitative estimate of drug-likeness (QED) is 0.341. The molecule has 0 atom stereocenters. The van der Waals surface area contributed by atoms with Crippen LogP contribution in [0, 0.1) is 10.1 Å². The van der Waals surface area contributed by atoms with E-state index >= 15 is 0 Å². The minimum Gasteiger partial charge on any atom is -0.267 e. The number of nitro benzene ring substituents is 1. The van der Waals surface area contributed by atoms with Crippen molar-refractivity contribution in [3.05, 3.63) is 79.7 Å². The number of nitrogens with zero attached hydrogens (tertiary/aromatic N) is 2. The Balaban J connectivity index is 1.77. The molecule has 0 saturated carbocycles.